The van der Waals surface area contributed by atoms with Gasteiger partial charge in [-0.15, -0.1) is 0 Å². The van der Waals surface area contributed by atoms with Crippen molar-refractivity contribution in [3.05, 3.63) is 0 Å². The van der Waals surface area contributed by atoms with E-state index in [0.717, 1.165) is 6.42 Å². The summed E-state index contributed by atoms with van der Waals surface area (Å²) in [6.45, 7) is 4.86. The van der Waals surface area contributed by atoms with E-state index in [9.17, 15) is 14.4 Å². The zero-order chi connectivity index (χ0) is 15.3. The number of hydrogen-bond acceptors (Lipinski definition) is 3. The Morgan fingerprint density at radius 2 is 2.10 bits per heavy atom. The highest BCUT2D eigenvalue weighted by atomic mass is 16.4. The Balaban J connectivity index is 2.44. The maximum Gasteiger partial charge on any atom is 0.303 e. The van der Waals surface area contributed by atoms with Gasteiger partial charge in [0.2, 0.25) is 11.8 Å². The minimum Gasteiger partial charge on any atom is -0.481 e. The van der Waals surface area contributed by atoms with Crippen molar-refractivity contribution >= 4 is 17.8 Å². The van der Waals surface area contributed by atoms with Gasteiger partial charge in [-0.1, -0.05) is 13.8 Å². The van der Waals surface area contributed by atoms with Crippen LogP contribution in [0, 0.1) is 17.8 Å². The summed E-state index contributed by atoms with van der Waals surface area (Å²) >= 11 is 0. The number of amides is 2. The van der Waals surface area contributed by atoms with Gasteiger partial charge in [0.1, 0.15) is 0 Å². The van der Waals surface area contributed by atoms with Crippen LogP contribution in [0.5, 0.6) is 0 Å². The van der Waals surface area contributed by atoms with Gasteiger partial charge in [0.15, 0.2) is 0 Å². The summed E-state index contributed by atoms with van der Waals surface area (Å²) in [6.07, 6.45) is 1.06. The molecule has 1 aliphatic heterocycles. The second-order valence-electron chi connectivity index (χ2n) is 6.01. The van der Waals surface area contributed by atoms with Crippen LogP contribution in [0.3, 0.4) is 0 Å². The smallest absolute Gasteiger partial charge is 0.303 e. The number of hydrogen-bond donors (Lipinski definition) is 2. The van der Waals surface area contributed by atoms with Crippen LogP contribution in [0.2, 0.25) is 0 Å². The summed E-state index contributed by atoms with van der Waals surface area (Å²) in [5.74, 6) is -1.00. The van der Waals surface area contributed by atoms with E-state index in [4.69, 9.17) is 5.11 Å². The number of nitrogens with zero attached hydrogens (tertiary/aromatic N) is 1. The maximum absolute atomic E-state index is 12.0. The second kappa shape index (κ2) is 7.26. The van der Waals surface area contributed by atoms with Gasteiger partial charge in [-0.2, -0.15) is 0 Å². The molecule has 2 amide bonds. The predicted molar refractivity (Wildman–Crippen MR) is 74.0 cm³/mol. The van der Waals surface area contributed by atoms with Crippen molar-refractivity contribution in [3.63, 3.8) is 0 Å². The first kappa shape index (κ1) is 16.5. The van der Waals surface area contributed by atoms with Crippen LogP contribution in [-0.4, -0.2) is 47.9 Å². The van der Waals surface area contributed by atoms with Crippen LogP contribution in [0.15, 0.2) is 0 Å². The quantitative estimate of drug-likeness (QED) is 0.721. The first-order valence-corrected chi connectivity index (χ1v) is 7.03. The molecule has 0 aromatic rings. The molecule has 1 heterocycles. The Labute approximate surface area is 119 Å². The number of carbonyl (C=O) groups is 3. The highest BCUT2D eigenvalue weighted by Gasteiger charge is 2.32. The summed E-state index contributed by atoms with van der Waals surface area (Å²) in [5.41, 5.74) is 0. The van der Waals surface area contributed by atoms with Crippen LogP contribution in [0.1, 0.15) is 33.1 Å². The number of rotatable bonds is 7. The van der Waals surface area contributed by atoms with E-state index in [1.807, 2.05) is 13.8 Å². The lowest BCUT2D eigenvalue weighted by Gasteiger charge is -2.19. The third kappa shape index (κ3) is 5.19. The number of likely N-dealkylation sites (tertiary alicyclic amines) is 1. The summed E-state index contributed by atoms with van der Waals surface area (Å²) < 4.78 is 0. The number of carbonyl (C=O) groups excluding carboxylic acids is 2. The molecule has 1 rings (SSSR count). The van der Waals surface area contributed by atoms with Crippen molar-refractivity contribution < 1.29 is 19.5 Å². The molecule has 0 radical (unpaired) electrons. The van der Waals surface area contributed by atoms with Gasteiger partial charge in [-0.25, -0.2) is 0 Å². The predicted octanol–water partition coefficient (Wildman–Crippen LogP) is 0.718. The average molecular weight is 284 g/mol. The zero-order valence-electron chi connectivity index (χ0n) is 12.4. The third-order valence-electron chi connectivity index (χ3n) is 3.54. The molecule has 2 N–H and O–H groups in total. The Bertz CT molecular complexity index is 381. The summed E-state index contributed by atoms with van der Waals surface area (Å²) in [6, 6.07) is 0. The lowest BCUT2D eigenvalue weighted by molar-refractivity contribution is -0.138. The molecule has 0 aliphatic carbocycles. The number of nitrogens with one attached hydrogen (secondary N) is 1. The fourth-order valence-electron chi connectivity index (χ4n) is 2.58. The molecule has 0 aromatic heterocycles. The lowest BCUT2D eigenvalue weighted by Crippen LogP contribution is -2.36. The highest BCUT2D eigenvalue weighted by Crippen LogP contribution is 2.18. The topological polar surface area (TPSA) is 86.7 Å². The molecule has 0 saturated carbocycles. The van der Waals surface area contributed by atoms with Gasteiger partial charge in [-0.3, -0.25) is 14.4 Å². The van der Waals surface area contributed by atoms with Gasteiger partial charge in [0, 0.05) is 33.0 Å². The highest BCUT2D eigenvalue weighted by molar-refractivity contribution is 5.89. The van der Waals surface area contributed by atoms with E-state index in [-0.39, 0.29) is 36.5 Å². The first-order chi connectivity index (χ1) is 9.29. The Kier molecular flexibility index (Phi) is 5.98. The van der Waals surface area contributed by atoms with E-state index >= 15 is 0 Å². The lowest BCUT2D eigenvalue weighted by atomic mass is 9.94. The van der Waals surface area contributed by atoms with Crippen molar-refractivity contribution in [3.8, 4) is 0 Å². The zero-order valence-corrected chi connectivity index (χ0v) is 12.4. The standard InChI is InChI=1S/C14H24N2O4/c1-9(2)4-10(5-13(18)19)7-15-14(20)11-6-12(17)16(3)8-11/h9-11H,4-8H2,1-3H3,(H,15,20)(H,18,19)/t10-,11?/m0/s1. The fraction of sp³-hybridized carbons (Fsp3) is 0.786. The molecule has 6 heteroatoms. The van der Waals surface area contributed by atoms with E-state index < -0.39 is 5.97 Å². The molecular weight excluding hydrogens is 260 g/mol. The molecule has 1 fully saturated rings. The van der Waals surface area contributed by atoms with Gasteiger partial charge >= 0.3 is 5.97 Å². The number of carboxylic acids is 1. The molecule has 1 unspecified atom stereocenters. The Morgan fingerprint density at radius 3 is 2.55 bits per heavy atom. The SMILES string of the molecule is CC(C)C[C@H](CNC(=O)C1CC(=O)N(C)C1)CC(=O)O. The molecule has 0 aromatic carbocycles. The van der Waals surface area contributed by atoms with Crippen LogP contribution in [0.25, 0.3) is 0 Å². The third-order valence-corrected chi connectivity index (χ3v) is 3.54. The van der Waals surface area contributed by atoms with Gasteiger partial charge in [0.25, 0.3) is 0 Å². The summed E-state index contributed by atoms with van der Waals surface area (Å²) in [5, 5.41) is 11.7. The van der Waals surface area contributed by atoms with Crippen LogP contribution in [0.4, 0.5) is 0 Å². The van der Waals surface area contributed by atoms with Crippen molar-refractivity contribution in [1.29, 1.82) is 0 Å². The monoisotopic (exact) mass is 284 g/mol. The normalized spacial score (nSPS) is 20.3. The molecule has 2 atom stereocenters. The minimum absolute atomic E-state index is 0.0191. The van der Waals surface area contributed by atoms with Crippen LogP contribution >= 0.6 is 0 Å². The van der Waals surface area contributed by atoms with Crippen molar-refractivity contribution in [1.82, 2.24) is 10.2 Å². The molecule has 1 saturated heterocycles. The first-order valence-electron chi connectivity index (χ1n) is 7.03. The maximum atomic E-state index is 12.0. The average Bonchev–Trinajstić information content (AvgIpc) is 2.65. The molecule has 6 nitrogen and oxygen atoms in total. The Morgan fingerprint density at radius 1 is 1.45 bits per heavy atom. The van der Waals surface area contributed by atoms with Gasteiger partial charge in [-0.05, 0) is 18.3 Å². The van der Waals surface area contributed by atoms with Crippen LogP contribution < -0.4 is 5.32 Å². The summed E-state index contributed by atoms with van der Waals surface area (Å²) in [7, 11) is 1.68. The van der Waals surface area contributed by atoms with Gasteiger partial charge < -0.3 is 15.3 Å². The molecule has 20 heavy (non-hydrogen) atoms. The van der Waals surface area contributed by atoms with E-state index in [2.05, 4.69) is 5.32 Å². The minimum atomic E-state index is -0.847. The van der Waals surface area contributed by atoms with Crippen molar-refractivity contribution in [2.45, 2.75) is 33.1 Å². The van der Waals surface area contributed by atoms with Crippen molar-refractivity contribution in [2.24, 2.45) is 17.8 Å². The van der Waals surface area contributed by atoms with E-state index in [1.165, 1.54) is 0 Å². The van der Waals surface area contributed by atoms with E-state index in [1.54, 1.807) is 11.9 Å². The van der Waals surface area contributed by atoms with Gasteiger partial charge in [0.05, 0.1) is 5.92 Å². The Hall–Kier alpha value is -1.59. The molecule has 0 bridgehead atoms. The fourth-order valence-corrected chi connectivity index (χ4v) is 2.58. The van der Waals surface area contributed by atoms with Crippen molar-refractivity contribution in [2.75, 3.05) is 20.1 Å². The second-order valence-corrected chi connectivity index (χ2v) is 6.01. The van der Waals surface area contributed by atoms with E-state index in [0.29, 0.717) is 19.0 Å². The number of carboxylic acid groups (broad SMARTS) is 1. The molecular formula is C14H24N2O4. The molecule has 0 spiro atoms. The summed E-state index contributed by atoms with van der Waals surface area (Å²) in [4.78, 5) is 35.7. The molecule has 114 valence electrons. The van der Waals surface area contributed by atoms with Crippen LogP contribution in [-0.2, 0) is 14.4 Å². The number of aliphatic carboxylic acids is 1. The molecule has 1 aliphatic rings. The largest absolute Gasteiger partial charge is 0.481 e.